The van der Waals surface area contributed by atoms with E-state index in [2.05, 4.69) is 9.46 Å². The van der Waals surface area contributed by atoms with Crippen LogP contribution >= 0.6 is 0 Å². The maximum atomic E-state index is 12.3. The van der Waals surface area contributed by atoms with Crippen molar-refractivity contribution in [3.8, 4) is 0 Å². The van der Waals surface area contributed by atoms with Gasteiger partial charge in [-0.1, -0.05) is 6.92 Å². The van der Waals surface area contributed by atoms with E-state index in [1.54, 1.807) is 0 Å². The molecule has 0 aliphatic carbocycles. The van der Waals surface area contributed by atoms with Gasteiger partial charge < -0.3 is 15.2 Å². The summed E-state index contributed by atoms with van der Waals surface area (Å²) in [7, 11) is -1.14. The van der Waals surface area contributed by atoms with Crippen molar-refractivity contribution in [3.05, 3.63) is 23.8 Å². The molecule has 0 aliphatic heterocycles. The third kappa shape index (κ3) is 4.69. The maximum Gasteiger partial charge on any atom is 0.339 e. The van der Waals surface area contributed by atoms with E-state index in [1.165, 1.54) is 32.4 Å². The van der Waals surface area contributed by atoms with Gasteiger partial charge in [0, 0.05) is 25.9 Å². The highest BCUT2D eigenvalue weighted by Gasteiger charge is 2.23. The van der Waals surface area contributed by atoms with Gasteiger partial charge in [0.05, 0.1) is 17.6 Å². The Morgan fingerprint density at radius 3 is 2.62 bits per heavy atom. The molecule has 0 saturated carbocycles. The number of anilines is 1. The summed E-state index contributed by atoms with van der Waals surface area (Å²) in [5.74, 6) is -0.743. The highest BCUT2D eigenvalue weighted by molar-refractivity contribution is 7.89. The van der Waals surface area contributed by atoms with Crippen molar-refractivity contribution in [1.82, 2.24) is 4.72 Å². The summed E-state index contributed by atoms with van der Waals surface area (Å²) in [4.78, 5) is 11.5. The summed E-state index contributed by atoms with van der Waals surface area (Å²) in [6, 6.07) is 4.00. The third-order valence-corrected chi connectivity index (χ3v) is 4.24. The number of nitrogens with two attached hydrogens (primary N) is 1. The highest BCUT2D eigenvalue weighted by Crippen LogP contribution is 2.20. The lowest BCUT2D eigenvalue weighted by Crippen LogP contribution is -2.31. The Kier molecular flexibility index (Phi) is 6.13. The Balaban J connectivity index is 3.07. The van der Waals surface area contributed by atoms with E-state index in [-0.39, 0.29) is 28.6 Å². The minimum atomic E-state index is -3.87. The number of benzene rings is 1. The van der Waals surface area contributed by atoms with Crippen molar-refractivity contribution in [2.24, 2.45) is 5.92 Å². The second-order valence-corrected chi connectivity index (χ2v) is 6.39. The average Bonchev–Trinajstić information content (AvgIpc) is 2.44. The molecule has 21 heavy (non-hydrogen) atoms. The molecule has 0 bridgehead atoms. The van der Waals surface area contributed by atoms with Crippen LogP contribution in [0.4, 0.5) is 5.69 Å². The largest absolute Gasteiger partial charge is 0.465 e. The molecule has 118 valence electrons. The number of nitrogen functional groups attached to an aromatic ring is 1. The fourth-order valence-corrected chi connectivity index (χ4v) is 3.10. The maximum absolute atomic E-state index is 12.3. The normalized spacial score (nSPS) is 12.9. The smallest absolute Gasteiger partial charge is 0.339 e. The third-order valence-electron chi connectivity index (χ3n) is 2.77. The number of esters is 1. The standard InChI is InChI=1S/C13H20N2O5S/c1-9(8-19-2)7-15-21(17,18)12-6-10(14)4-5-11(12)13(16)20-3/h4-6,9,15H,7-8,14H2,1-3H3. The monoisotopic (exact) mass is 316 g/mol. The van der Waals surface area contributed by atoms with Crippen LogP contribution in [0.1, 0.15) is 17.3 Å². The van der Waals surface area contributed by atoms with Gasteiger partial charge in [-0.15, -0.1) is 0 Å². The molecule has 7 nitrogen and oxygen atoms in total. The number of methoxy groups -OCH3 is 2. The molecule has 1 aromatic carbocycles. The summed E-state index contributed by atoms with van der Waals surface area (Å²) in [5, 5.41) is 0. The molecular weight excluding hydrogens is 296 g/mol. The van der Waals surface area contributed by atoms with Crippen LogP contribution in [0.15, 0.2) is 23.1 Å². The summed E-state index contributed by atoms with van der Waals surface area (Å²) < 4.78 is 36.6. The van der Waals surface area contributed by atoms with Gasteiger partial charge in [0.2, 0.25) is 10.0 Å². The molecule has 0 heterocycles. The van der Waals surface area contributed by atoms with Crippen LogP contribution in [-0.2, 0) is 19.5 Å². The molecule has 0 spiro atoms. The SMILES string of the molecule is COCC(C)CNS(=O)(=O)c1cc(N)ccc1C(=O)OC. The zero-order chi connectivity index (χ0) is 16.0. The van der Waals surface area contributed by atoms with Crippen LogP contribution in [0.5, 0.6) is 0 Å². The van der Waals surface area contributed by atoms with Gasteiger partial charge in [-0.25, -0.2) is 17.9 Å². The van der Waals surface area contributed by atoms with E-state index >= 15 is 0 Å². The van der Waals surface area contributed by atoms with Gasteiger partial charge in [-0.2, -0.15) is 0 Å². The Morgan fingerprint density at radius 2 is 2.05 bits per heavy atom. The van der Waals surface area contributed by atoms with Gasteiger partial charge in [0.1, 0.15) is 0 Å². The van der Waals surface area contributed by atoms with Gasteiger partial charge in [-0.3, -0.25) is 0 Å². The molecule has 0 fully saturated rings. The quantitative estimate of drug-likeness (QED) is 0.564. The molecule has 1 atom stereocenters. The molecule has 1 unspecified atom stereocenters. The van der Waals surface area contributed by atoms with E-state index in [0.717, 1.165) is 0 Å². The number of rotatable bonds is 7. The van der Waals surface area contributed by atoms with E-state index in [4.69, 9.17) is 10.5 Å². The lowest BCUT2D eigenvalue weighted by molar-refractivity contribution is 0.0596. The Bertz CT molecular complexity index is 601. The second kappa shape index (κ2) is 7.39. The Morgan fingerprint density at radius 1 is 1.38 bits per heavy atom. The topological polar surface area (TPSA) is 108 Å². The number of sulfonamides is 1. The number of hydrogen-bond donors (Lipinski definition) is 2. The predicted molar refractivity (Wildman–Crippen MR) is 78.4 cm³/mol. The second-order valence-electron chi connectivity index (χ2n) is 4.66. The number of nitrogens with one attached hydrogen (secondary N) is 1. The van der Waals surface area contributed by atoms with E-state index < -0.39 is 16.0 Å². The molecule has 0 saturated heterocycles. The number of hydrogen-bond acceptors (Lipinski definition) is 6. The van der Waals surface area contributed by atoms with Crippen molar-refractivity contribution in [2.75, 3.05) is 33.1 Å². The van der Waals surface area contributed by atoms with Gasteiger partial charge in [0.25, 0.3) is 0 Å². The van der Waals surface area contributed by atoms with Crippen molar-refractivity contribution < 1.29 is 22.7 Å². The minimum absolute atomic E-state index is 0.00703. The molecule has 0 aliphatic rings. The fraction of sp³-hybridized carbons (Fsp3) is 0.462. The summed E-state index contributed by atoms with van der Waals surface area (Å²) in [5.41, 5.74) is 5.79. The molecule has 8 heteroatoms. The van der Waals surface area contributed by atoms with Gasteiger partial charge in [-0.05, 0) is 24.1 Å². The van der Waals surface area contributed by atoms with Crippen molar-refractivity contribution in [1.29, 1.82) is 0 Å². The van der Waals surface area contributed by atoms with Crippen molar-refractivity contribution >= 4 is 21.7 Å². The zero-order valence-corrected chi connectivity index (χ0v) is 13.1. The summed E-state index contributed by atoms with van der Waals surface area (Å²) in [6.45, 7) is 2.45. The molecule has 3 N–H and O–H groups in total. The lowest BCUT2D eigenvalue weighted by atomic mass is 10.2. The number of ether oxygens (including phenoxy) is 2. The first kappa shape index (κ1) is 17.4. The molecule has 0 aromatic heterocycles. The summed E-state index contributed by atoms with van der Waals surface area (Å²) >= 11 is 0. The average molecular weight is 316 g/mol. The Hall–Kier alpha value is -1.64. The van der Waals surface area contributed by atoms with Crippen LogP contribution in [0.2, 0.25) is 0 Å². The number of carbonyl (C=O) groups is 1. The van der Waals surface area contributed by atoms with E-state index in [1.807, 2.05) is 6.92 Å². The molecule has 0 radical (unpaired) electrons. The van der Waals surface area contributed by atoms with Crippen LogP contribution in [0.25, 0.3) is 0 Å². The van der Waals surface area contributed by atoms with Crippen LogP contribution < -0.4 is 10.5 Å². The van der Waals surface area contributed by atoms with Crippen molar-refractivity contribution in [3.63, 3.8) is 0 Å². The van der Waals surface area contributed by atoms with Crippen LogP contribution in [-0.4, -0.2) is 41.8 Å². The first-order chi connectivity index (χ1) is 9.81. The Labute approximate surface area is 124 Å². The first-order valence-corrected chi connectivity index (χ1v) is 7.76. The molecule has 1 aromatic rings. The van der Waals surface area contributed by atoms with Crippen LogP contribution in [0, 0.1) is 5.92 Å². The van der Waals surface area contributed by atoms with Gasteiger partial charge in [0.15, 0.2) is 0 Å². The predicted octanol–water partition coefficient (Wildman–Crippen LogP) is 0.616. The first-order valence-electron chi connectivity index (χ1n) is 6.28. The lowest BCUT2D eigenvalue weighted by Gasteiger charge is -2.14. The minimum Gasteiger partial charge on any atom is -0.465 e. The molecular formula is C13H20N2O5S. The zero-order valence-electron chi connectivity index (χ0n) is 12.3. The fourth-order valence-electron chi connectivity index (χ4n) is 1.71. The molecule has 0 amide bonds. The number of carbonyl (C=O) groups excluding carboxylic acids is 1. The summed E-state index contributed by atoms with van der Waals surface area (Å²) in [6.07, 6.45) is 0. The van der Waals surface area contributed by atoms with E-state index in [9.17, 15) is 13.2 Å². The van der Waals surface area contributed by atoms with Crippen LogP contribution in [0.3, 0.4) is 0 Å². The molecule has 1 rings (SSSR count). The van der Waals surface area contributed by atoms with Gasteiger partial charge >= 0.3 is 5.97 Å². The van der Waals surface area contributed by atoms with Crippen molar-refractivity contribution in [2.45, 2.75) is 11.8 Å². The highest BCUT2D eigenvalue weighted by atomic mass is 32.2. The van der Waals surface area contributed by atoms with E-state index in [0.29, 0.717) is 6.61 Å².